The smallest absolute Gasteiger partial charge is 0.335 e. The number of rotatable bonds is 4. The lowest BCUT2D eigenvalue weighted by molar-refractivity contribution is 0.0696. The second-order valence-corrected chi connectivity index (χ2v) is 6.72. The molecule has 2 unspecified atom stereocenters. The highest BCUT2D eigenvalue weighted by atomic mass is 32.2. The van der Waals surface area contributed by atoms with Crippen molar-refractivity contribution in [1.82, 2.24) is 4.72 Å². The van der Waals surface area contributed by atoms with Gasteiger partial charge in [-0.05, 0) is 31.0 Å². The maximum atomic E-state index is 12.3. The summed E-state index contributed by atoms with van der Waals surface area (Å²) in [5.74, 6) is -1.16. The number of hydrogen-bond acceptors (Lipinski definition) is 4. The minimum atomic E-state index is -3.74. The lowest BCUT2D eigenvalue weighted by Gasteiger charge is -2.29. The number of carboxylic acids is 1. The van der Waals surface area contributed by atoms with E-state index in [1.54, 1.807) is 0 Å². The number of aromatic carboxylic acids is 1. The van der Waals surface area contributed by atoms with Crippen LogP contribution in [0.3, 0.4) is 0 Å². The van der Waals surface area contributed by atoms with E-state index in [9.17, 15) is 13.2 Å². The Bertz CT molecular complexity index is 600. The van der Waals surface area contributed by atoms with Gasteiger partial charge in [-0.25, -0.2) is 17.9 Å². The van der Waals surface area contributed by atoms with Crippen LogP contribution in [0.1, 0.15) is 36.0 Å². The summed E-state index contributed by atoms with van der Waals surface area (Å²) in [6.45, 7) is 0. The molecule has 0 spiro atoms. The maximum Gasteiger partial charge on any atom is 0.335 e. The van der Waals surface area contributed by atoms with Crippen LogP contribution >= 0.6 is 0 Å². The zero-order valence-corrected chi connectivity index (χ0v) is 11.8. The fourth-order valence-electron chi connectivity index (χ4n) is 2.37. The lowest BCUT2D eigenvalue weighted by Crippen LogP contribution is -2.49. The Kier molecular flexibility index (Phi) is 4.42. The maximum absolute atomic E-state index is 12.3. The van der Waals surface area contributed by atoms with Gasteiger partial charge in [-0.3, -0.25) is 0 Å². The average Bonchev–Trinajstić information content (AvgIpc) is 2.41. The van der Waals surface area contributed by atoms with Crippen molar-refractivity contribution in [3.05, 3.63) is 29.8 Å². The van der Waals surface area contributed by atoms with E-state index in [-0.39, 0.29) is 22.5 Å². The highest BCUT2D eigenvalue weighted by molar-refractivity contribution is 7.89. The molecular weight excluding hydrogens is 280 g/mol. The van der Waals surface area contributed by atoms with Crippen molar-refractivity contribution >= 4 is 16.0 Å². The van der Waals surface area contributed by atoms with Crippen molar-refractivity contribution in [2.75, 3.05) is 0 Å². The Labute approximate surface area is 118 Å². The summed E-state index contributed by atoms with van der Waals surface area (Å²) in [4.78, 5) is 10.8. The van der Waals surface area contributed by atoms with Crippen molar-refractivity contribution in [1.29, 1.82) is 0 Å². The van der Waals surface area contributed by atoms with Gasteiger partial charge in [0.05, 0.1) is 10.5 Å². The second-order valence-electron chi connectivity index (χ2n) is 5.01. The van der Waals surface area contributed by atoms with E-state index in [4.69, 9.17) is 10.8 Å². The molecule has 0 bridgehead atoms. The molecule has 4 N–H and O–H groups in total. The van der Waals surface area contributed by atoms with Gasteiger partial charge in [0.25, 0.3) is 0 Å². The zero-order chi connectivity index (χ0) is 14.8. The summed E-state index contributed by atoms with van der Waals surface area (Å²) in [7, 11) is -3.74. The second kappa shape index (κ2) is 5.90. The van der Waals surface area contributed by atoms with E-state index in [1.807, 2.05) is 0 Å². The highest BCUT2D eigenvalue weighted by Gasteiger charge is 2.27. The quantitative estimate of drug-likeness (QED) is 0.766. The van der Waals surface area contributed by atoms with Crippen LogP contribution in [0.15, 0.2) is 29.2 Å². The van der Waals surface area contributed by atoms with Crippen molar-refractivity contribution < 1.29 is 18.3 Å². The third-order valence-corrected chi connectivity index (χ3v) is 5.00. The van der Waals surface area contributed by atoms with Crippen LogP contribution in [-0.2, 0) is 10.0 Å². The molecule has 110 valence electrons. The number of sulfonamides is 1. The van der Waals surface area contributed by atoms with Gasteiger partial charge in [0.15, 0.2) is 0 Å². The standard InChI is InChI=1S/C13H18N2O4S/c14-11-6-1-2-7-12(11)15-20(18,19)10-5-3-4-9(8-10)13(16)17/h3-5,8,11-12,15H,1-2,6-7,14H2,(H,16,17). The first kappa shape index (κ1) is 15.0. The Morgan fingerprint density at radius 1 is 1.30 bits per heavy atom. The van der Waals surface area contributed by atoms with Crippen molar-refractivity contribution in [2.24, 2.45) is 5.73 Å². The molecule has 2 rings (SSSR count). The molecular formula is C13H18N2O4S. The molecule has 1 aromatic rings. The van der Waals surface area contributed by atoms with E-state index in [2.05, 4.69) is 4.72 Å². The monoisotopic (exact) mass is 298 g/mol. The van der Waals surface area contributed by atoms with E-state index < -0.39 is 16.0 Å². The Morgan fingerprint density at radius 3 is 2.65 bits per heavy atom. The lowest BCUT2D eigenvalue weighted by atomic mass is 9.92. The first-order valence-corrected chi connectivity index (χ1v) is 8.00. The number of hydrogen-bond donors (Lipinski definition) is 3. The number of benzene rings is 1. The largest absolute Gasteiger partial charge is 0.478 e. The van der Waals surface area contributed by atoms with E-state index >= 15 is 0 Å². The zero-order valence-electron chi connectivity index (χ0n) is 11.0. The minimum Gasteiger partial charge on any atom is -0.478 e. The fraction of sp³-hybridized carbons (Fsp3) is 0.462. The molecule has 1 aliphatic rings. The Hall–Kier alpha value is -1.44. The van der Waals surface area contributed by atoms with E-state index in [0.717, 1.165) is 25.3 Å². The van der Waals surface area contributed by atoms with Crippen LogP contribution in [0, 0.1) is 0 Å². The first-order chi connectivity index (χ1) is 9.40. The molecule has 1 aliphatic carbocycles. The molecule has 0 aliphatic heterocycles. The molecule has 0 aromatic heterocycles. The van der Waals surface area contributed by atoms with Gasteiger partial charge in [-0.1, -0.05) is 18.9 Å². The fourth-order valence-corrected chi connectivity index (χ4v) is 3.74. The Balaban J connectivity index is 2.21. The van der Waals surface area contributed by atoms with Gasteiger partial charge < -0.3 is 10.8 Å². The van der Waals surface area contributed by atoms with Crippen LogP contribution in [0.2, 0.25) is 0 Å². The molecule has 1 saturated carbocycles. The first-order valence-electron chi connectivity index (χ1n) is 6.51. The van der Waals surface area contributed by atoms with Crippen molar-refractivity contribution in [3.63, 3.8) is 0 Å². The summed E-state index contributed by atoms with van der Waals surface area (Å²) >= 11 is 0. The topological polar surface area (TPSA) is 109 Å². The molecule has 0 radical (unpaired) electrons. The average molecular weight is 298 g/mol. The van der Waals surface area contributed by atoms with Gasteiger partial charge in [0.1, 0.15) is 0 Å². The van der Waals surface area contributed by atoms with E-state index in [0.29, 0.717) is 6.42 Å². The van der Waals surface area contributed by atoms with Crippen LogP contribution in [0.5, 0.6) is 0 Å². The predicted octanol–water partition coefficient (Wildman–Crippen LogP) is 0.933. The molecule has 0 saturated heterocycles. The molecule has 2 atom stereocenters. The predicted molar refractivity (Wildman–Crippen MR) is 74.0 cm³/mol. The molecule has 0 heterocycles. The molecule has 0 amide bonds. The Morgan fingerprint density at radius 2 is 2.00 bits per heavy atom. The molecule has 1 fully saturated rings. The highest BCUT2D eigenvalue weighted by Crippen LogP contribution is 2.20. The third kappa shape index (κ3) is 3.36. The number of carbonyl (C=O) groups is 1. The summed E-state index contributed by atoms with van der Waals surface area (Å²) in [5, 5.41) is 8.90. The van der Waals surface area contributed by atoms with Gasteiger partial charge in [0.2, 0.25) is 10.0 Å². The van der Waals surface area contributed by atoms with Gasteiger partial charge in [0, 0.05) is 12.1 Å². The van der Waals surface area contributed by atoms with Crippen molar-refractivity contribution in [2.45, 2.75) is 42.7 Å². The molecule has 6 nitrogen and oxygen atoms in total. The van der Waals surface area contributed by atoms with Gasteiger partial charge >= 0.3 is 5.97 Å². The third-order valence-electron chi connectivity index (χ3n) is 3.52. The van der Waals surface area contributed by atoms with Crippen LogP contribution in [-0.4, -0.2) is 31.6 Å². The van der Waals surface area contributed by atoms with Crippen molar-refractivity contribution in [3.8, 4) is 0 Å². The summed E-state index contributed by atoms with van der Waals surface area (Å²) in [6, 6.07) is 4.82. The number of carboxylic acid groups (broad SMARTS) is 1. The van der Waals surface area contributed by atoms with Gasteiger partial charge in [-0.15, -0.1) is 0 Å². The summed E-state index contributed by atoms with van der Waals surface area (Å²) in [5.41, 5.74) is 5.87. The SMILES string of the molecule is NC1CCCCC1NS(=O)(=O)c1cccc(C(=O)O)c1. The number of nitrogens with one attached hydrogen (secondary N) is 1. The molecule has 7 heteroatoms. The summed E-state index contributed by atoms with van der Waals surface area (Å²) in [6.07, 6.45) is 3.45. The van der Waals surface area contributed by atoms with Crippen LogP contribution < -0.4 is 10.5 Å². The normalized spacial score (nSPS) is 23.4. The van der Waals surface area contributed by atoms with Gasteiger partial charge in [-0.2, -0.15) is 0 Å². The molecule has 20 heavy (non-hydrogen) atoms. The summed E-state index contributed by atoms with van der Waals surface area (Å²) < 4.78 is 27.1. The van der Waals surface area contributed by atoms with Crippen LogP contribution in [0.4, 0.5) is 0 Å². The molecule has 1 aromatic carbocycles. The van der Waals surface area contributed by atoms with E-state index in [1.165, 1.54) is 18.2 Å². The minimum absolute atomic E-state index is 0.0461. The number of nitrogens with two attached hydrogens (primary N) is 1. The van der Waals surface area contributed by atoms with Crippen LogP contribution in [0.25, 0.3) is 0 Å².